The number of nitro groups is 1. The molecule has 0 saturated carbocycles. The standard InChI is InChI=1S/C25H19N5O3/c1-29-15-26-14-22(29)16-7-9-18(10-8-16)27-24(17-5-3-2-4-6-17)23-20-13-19(30(32)33)11-12-21(20)28-25(23)31/h2-15,27H,1H3,(H,28,31)/b24-23-. The Labute approximate surface area is 189 Å². The van der Waals surface area contributed by atoms with Crippen molar-refractivity contribution in [1.29, 1.82) is 0 Å². The third-order valence-electron chi connectivity index (χ3n) is 5.54. The van der Waals surface area contributed by atoms with Gasteiger partial charge in [-0.15, -0.1) is 0 Å². The molecule has 8 nitrogen and oxygen atoms in total. The smallest absolute Gasteiger partial charge is 0.270 e. The number of nitrogens with one attached hydrogen (secondary N) is 2. The lowest BCUT2D eigenvalue weighted by Gasteiger charge is -2.15. The number of hydrogen-bond donors (Lipinski definition) is 2. The summed E-state index contributed by atoms with van der Waals surface area (Å²) in [5.74, 6) is -0.316. The zero-order chi connectivity index (χ0) is 22.9. The molecule has 0 fully saturated rings. The minimum Gasteiger partial charge on any atom is -0.354 e. The highest BCUT2D eigenvalue weighted by Gasteiger charge is 2.30. The fourth-order valence-corrected chi connectivity index (χ4v) is 3.90. The lowest BCUT2D eigenvalue weighted by atomic mass is 9.99. The quantitative estimate of drug-likeness (QED) is 0.262. The molecule has 0 radical (unpaired) electrons. The number of amides is 1. The van der Waals surface area contributed by atoms with Crippen molar-refractivity contribution in [2.45, 2.75) is 0 Å². The van der Waals surface area contributed by atoms with E-state index in [4.69, 9.17) is 0 Å². The number of nitro benzene ring substituents is 1. The SMILES string of the molecule is Cn1cncc1-c1ccc(N/C(=C2\C(=O)Nc3ccc([N+](=O)[O-])cc32)c2ccccc2)cc1. The summed E-state index contributed by atoms with van der Waals surface area (Å²) in [5, 5.41) is 17.5. The van der Waals surface area contributed by atoms with E-state index < -0.39 is 4.92 Å². The number of anilines is 2. The monoisotopic (exact) mass is 437 g/mol. The van der Waals surface area contributed by atoms with Gasteiger partial charge in [0.05, 0.1) is 34.4 Å². The van der Waals surface area contributed by atoms with Crippen LogP contribution in [0.15, 0.2) is 85.3 Å². The van der Waals surface area contributed by atoms with Crippen molar-refractivity contribution >= 4 is 34.2 Å². The number of benzene rings is 3. The zero-order valence-electron chi connectivity index (χ0n) is 17.6. The summed E-state index contributed by atoms with van der Waals surface area (Å²) in [6.07, 6.45) is 3.54. The highest BCUT2D eigenvalue weighted by Crippen LogP contribution is 2.39. The number of imidazole rings is 1. The van der Waals surface area contributed by atoms with Crippen LogP contribution in [0.1, 0.15) is 11.1 Å². The van der Waals surface area contributed by atoms with Crippen molar-refractivity contribution in [3.8, 4) is 11.3 Å². The van der Waals surface area contributed by atoms with E-state index in [0.29, 0.717) is 22.5 Å². The normalized spacial score (nSPS) is 13.9. The second-order valence-corrected chi connectivity index (χ2v) is 7.65. The largest absolute Gasteiger partial charge is 0.354 e. The van der Waals surface area contributed by atoms with E-state index in [9.17, 15) is 14.9 Å². The molecule has 8 heteroatoms. The Morgan fingerprint density at radius 1 is 1.06 bits per heavy atom. The predicted molar refractivity (Wildman–Crippen MR) is 127 cm³/mol. The van der Waals surface area contributed by atoms with Crippen molar-refractivity contribution in [3.05, 3.63) is 107 Å². The highest BCUT2D eigenvalue weighted by molar-refractivity contribution is 6.37. The summed E-state index contributed by atoms with van der Waals surface area (Å²) in [4.78, 5) is 28.0. The molecule has 2 heterocycles. The van der Waals surface area contributed by atoms with Gasteiger partial charge in [0.1, 0.15) is 0 Å². The summed E-state index contributed by atoms with van der Waals surface area (Å²) >= 11 is 0. The van der Waals surface area contributed by atoms with Gasteiger partial charge in [0.25, 0.3) is 11.6 Å². The lowest BCUT2D eigenvalue weighted by molar-refractivity contribution is -0.384. The van der Waals surface area contributed by atoms with Crippen LogP contribution < -0.4 is 10.6 Å². The van der Waals surface area contributed by atoms with Crippen LogP contribution >= 0.6 is 0 Å². The summed E-state index contributed by atoms with van der Waals surface area (Å²) in [7, 11) is 1.93. The molecule has 1 amide bonds. The Morgan fingerprint density at radius 3 is 2.48 bits per heavy atom. The molecule has 0 atom stereocenters. The lowest BCUT2D eigenvalue weighted by Crippen LogP contribution is -2.10. The van der Waals surface area contributed by atoms with Crippen molar-refractivity contribution in [1.82, 2.24) is 9.55 Å². The first-order valence-electron chi connectivity index (χ1n) is 10.2. The van der Waals surface area contributed by atoms with E-state index in [0.717, 1.165) is 22.5 Å². The molecule has 162 valence electrons. The Hall–Kier alpha value is -4.72. The summed E-state index contributed by atoms with van der Waals surface area (Å²) in [6.45, 7) is 0. The van der Waals surface area contributed by atoms with Crippen LogP contribution in [-0.4, -0.2) is 20.4 Å². The maximum atomic E-state index is 13.0. The third-order valence-corrected chi connectivity index (χ3v) is 5.54. The Kier molecular flexibility index (Phi) is 4.95. The molecular formula is C25H19N5O3. The highest BCUT2D eigenvalue weighted by atomic mass is 16.6. The van der Waals surface area contributed by atoms with E-state index in [-0.39, 0.29) is 11.6 Å². The van der Waals surface area contributed by atoms with Crippen molar-refractivity contribution in [2.24, 2.45) is 7.05 Å². The minimum atomic E-state index is -0.465. The van der Waals surface area contributed by atoms with Gasteiger partial charge >= 0.3 is 0 Å². The molecule has 1 aromatic heterocycles. The topological polar surface area (TPSA) is 102 Å². The van der Waals surface area contributed by atoms with Gasteiger partial charge in [-0.3, -0.25) is 14.9 Å². The second kappa shape index (κ2) is 8.08. The fraction of sp³-hybridized carbons (Fsp3) is 0.0400. The molecule has 1 aliphatic rings. The zero-order valence-corrected chi connectivity index (χ0v) is 17.6. The van der Waals surface area contributed by atoms with Gasteiger partial charge in [-0.1, -0.05) is 42.5 Å². The van der Waals surface area contributed by atoms with Crippen LogP contribution in [-0.2, 0) is 11.8 Å². The molecule has 3 aromatic carbocycles. The number of non-ortho nitro benzene ring substituents is 1. The van der Waals surface area contributed by atoms with E-state index >= 15 is 0 Å². The number of carbonyl (C=O) groups is 1. The molecule has 1 aliphatic heterocycles. The van der Waals surface area contributed by atoms with Gasteiger partial charge in [-0.05, 0) is 29.3 Å². The first-order valence-corrected chi connectivity index (χ1v) is 10.2. The van der Waals surface area contributed by atoms with E-state index in [1.165, 1.54) is 12.1 Å². The maximum absolute atomic E-state index is 13.0. The first-order chi connectivity index (χ1) is 16.0. The molecule has 2 N–H and O–H groups in total. The average molecular weight is 437 g/mol. The third kappa shape index (κ3) is 3.74. The van der Waals surface area contributed by atoms with E-state index in [2.05, 4.69) is 15.6 Å². The van der Waals surface area contributed by atoms with Gasteiger partial charge in [-0.2, -0.15) is 0 Å². The van der Waals surface area contributed by atoms with E-state index in [1.54, 1.807) is 18.6 Å². The number of fused-ring (bicyclic) bond motifs is 1. The van der Waals surface area contributed by atoms with Crippen LogP contribution in [0, 0.1) is 10.1 Å². The summed E-state index contributed by atoms with van der Waals surface area (Å²) < 4.78 is 1.94. The van der Waals surface area contributed by atoms with Gasteiger partial charge in [0.15, 0.2) is 0 Å². The van der Waals surface area contributed by atoms with Crippen molar-refractivity contribution in [3.63, 3.8) is 0 Å². The fourth-order valence-electron chi connectivity index (χ4n) is 3.90. The number of hydrogen-bond acceptors (Lipinski definition) is 5. The number of aromatic nitrogens is 2. The van der Waals surface area contributed by atoms with Crippen LogP contribution in [0.4, 0.5) is 17.1 Å². The number of carbonyl (C=O) groups excluding carboxylic acids is 1. The van der Waals surface area contributed by atoms with Crippen LogP contribution in [0.3, 0.4) is 0 Å². The molecule has 0 saturated heterocycles. The van der Waals surface area contributed by atoms with Crippen molar-refractivity contribution in [2.75, 3.05) is 10.6 Å². The first kappa shape index (κ1) is 20.2. The van der Waals surface area contributed by atoms with Crippen LogP contribution in [0.25, 0.3) is 22.5 Å². The number of nitrogens with zero attached hydrogens (tertiary/aromatic N) is 3. The van der Waals surface area contributed by atoms with Gasteiger partial charge in [0.2, 0.25) is 0 Å². The molecule has 0 aliphatic carbocycles. The van der Waals surface area contributed by atoms with Gasteiger partial charge in [0, 0.05) is 36.1 Å². The minimum absolute atomic E-state index is 0.0734. The molecule has 33 heavy (non-hydrogen) atoms. The molecule has 0 unspecified atom stereocenters. The maximum Gasteiger partial charge on any atom is 0.270 e. The Bertz CT molecular complexity index is 1410. The Morgan fingerprint density at radius 2 is 1.82 bits per heavy atom. The van der Waals surface area contributed by atoms with Crippen LogP contribution in [0.2, 0.25) is 0 Å². The van der Waals surface area contributed by atoms with Crippen molar-refractivity contribution < 1.29 is 9.72 Å². The van der Waals surface area contributed by atoms with Crippen LogP contribution in [0.5, 0.6) is 0 Å². The average Bonchev–Trinajstić information content (AvgIpc) is 3.40. The Balaban J connectivity index is 1.61. The summed E-state index contributed by atoms with van der Waals surface area (Å²) in [5.41, 5.74) is 5.45. The second-order valence-electron chi connectivity index (χ2n) is 7.65. The number of rotatable bonds is 5. The van der Waals surface area contributed by atoms with Gasteiger partial charge in [-0.25, -0.2) is 4.98 Å². The van der Waals surface area contributed by atoms with Gasteiger partial charge < -0.3 is 15.2 Å². The molecule has 4 aromatic rings. The number of aryl methyl sites for hydroxylation is 1. The molecule has 0 bridgehead atoms. The predicted octanol–water partition coefficient (Wildman–Crippen LogP) is 4.93. The van der Waals surface area contributed by atoms with E-state index in [1.807, 2.05) is 66.2 Å². The molecule has 5 rings (SSSR count). The molecule has 0 spiro atoms. The molecular weight excluding hydrogens is 418 g/mol. The summed E-state index contributed by atoms with van der Waals surface area (Å²) in [6, 6.07) is 21.6.